The highest BCUT2D eigenvalue weighted by Crippen LogP contribution is 2.26. The van der Waals surface area contributed by atoms with Crippen LogP contribution in [-0.2, 0) is 10.0 Å². The zero-order valence-corrected chi connectivity index (χ0v) is 10.7. The lowest BCUT2D eigenvalue weighted by molar-refractivity contribution is 0.0701. The Kier molecular flexibility index (Phi) is 3.05. The molecule has 0 saturated heterocycles. The Labute approximate surface area is 106 Å². The van der Waals surface area contributed by atoms with E-state index in [4.69, 9.17) is 5.11 Å². The summed E-state index contributed by atoms with van der Waals surface area (Å²) in [6.45, 7) is 1.54. The van der Waals surface area contributed by atoms with E-state index in [2.05, 4.69) is 19.9 Å². The van der Waals surface area contributed by atoms with Crippen molar-refractivity contribution in [3.05, 3.63) is 22.8 Å². The molecule has 0 fully saturated rings. The highest BCUT2D eigenvalue weighted by molar-refractivity contribution is 7.94. The summed E-state index contributed by atoms with van der Waals surface area (Å²) in [5, 5.41) is 14.7. The number of H-pyrrole nitrogens is 1. The first-order valence-corrected chi connectivity index (χ1v) is 6.92. The van der Waals surface area contributed by atoms with Gasteiger partial charge in [0, 0.05) is 0 Å². The van der Waals surface area contributed by atoms with E-state index in [1.807, 2.05) is 0 Å². The Morgan fingerprint density at radius 1 is 1.56 bits per heavy atom. The number of aromatic amines is 1. The molecule has 0 aliphatic rings. The molecule has 10 heteroatoms. The quantitative estimate of drug-likeness (QED) is 0.759. The maximum Gasteiger partial charge on any atom is 0.346 e. The number of rotatable bonds is 4. The Balaban J connectivity index is 2.36. The SMILES string of the molecule is Cc1cc(S(=O)(=O)Nc2ncn[nH]2)sc1C(=O)O. The molecule has 2 heterocycles. The molecule has 0 aliphatic carbocycles. The fraction of sp³-hybridized carbons (Fsp3) is 0.125. The Hall–Kier alpha value is -1.94. The molecule has 2 rings (SSSR count). The van der Waals surface area contributed by atoms with Crippen LogP contribution in [0.3, 0.4) is 0 Å². The van der Waals surface area contributed by atoms with Crippen LogP contribution in [0.2, 0.25) is 0 Å². The molecular weight excluding hydrogens is 280 g/mol. The van der Waals surface area contributed by atoms with E-state index in [-0.39, 0.29) is 15.0 Å². The van der Waals surface area contributed by atoms with Gasteiger partial charge in [-0.1, -0.05) is 0 Å². The third-order valence-electron chi connectivity index (χ3n) is 2.00. The van der Waals surface area contributed by atoms with Crippen LogP contribution < -0.4 is 4.72 Å². The molecule has 0 bridgehead atoms. The summed E-state index contributed by atoms with van der Waals surface area (Å²) in [5.41, 5.74) is 0.394. The van der Waals surface area contributed by atoms with Gasteiger partial charge in [-0.15, -0.1) is 11.3 Å². The number of nitrogens with zero attached hydrogens (tertiary/aromatic N) is 2. The lowest BCUT2D eigenvalue weighted by atomic mass is 10.3. The maximum absolute atomic E-state index is 11.9. The second-order valence-corrected chi connectivity index (χ2v) is 6.28. The lowest BCUT2D eigenvalue weighted by Crippen LogP contribution is -2.12. The van der Waals surface area contributed by atoms with E-state index < -0.39 is 16.0 Å². The zero-order valence-electron chi connectivity index (χ0n) is 9.04. The van der Waals surface area contributed by atoms with Crippen molar-refractivity contribution in [2.75, 3.05) is 4.72 Å². The third kappa shape index (κ3) is 2.33. The average molecular weight is 288 g/mol. The van der Waals surface area contributed by atoms with Gasteiger partial charge >= 0.3 is 5.97 Å². The first-order valence-electron chi connectivity index (χ1n) is 4.62. The fourth-order valence-corrected chi connectivity index (χ4v) is 3.57. The van der Waals surface area contributed by atoms with E-state index in [1.165, 1.54) is 13.0 Å². The summed E-state index contributed by atoms with van der Waals surface area (Å²) in [5.74, 6) is -1.18. The Morgan fingerprint density at radius 3 is 2.78 bits per heavy atom. The van der Waals surface area contributed by atoms with Gasteiger partial charge in [-0.2, -0.15) is 10.1 Å². The van der Waals surface area contributed by atoms with Crippen molar-refractivity contribution in [1.29, 1.82) is 0 Å². The van der Waals surface area contributed by atoms with Gasteiger partial charge in [-0.3, -0.25) is 0 Å². The molecule has 0 saturated carbocycles. The smallest absolute Gasteiger partial charge is 0.346 e. The summed E-state index contributed by atoms with van der Waals surface area (Å²) in [7, 11) is -3.85. The van der Waals surface area contributed by atoms with Crippen molar-refractivity contribution < 1.29 is 18.3 Å². The van der Waals surface area contributed by atoms with Gasteiger partial charge < -0.3 is 5.11 Å². The van der Waals surface area contributed by atoms with Crippen LogP contribution in [0.15, 0.2) is 16.6 Å². The number of anilines is 1. The van der Waals surface area contributed by atoms with E-state index in [0.29, 0.717) is 16.9 Å². The molecule has 2 aromatic rings. The first kappa shape index (κ1) is 12.5. The maximum atomic E-state index is 11.9. The number of carboxylic acid groups (broad SMARTS) is 1. The molecule has 96 valence electrons. The van der Waals surface area contributed by atoms with Gasteiger partial charge in [0.1, 0.15) is 15.4 Å². The summed E-state index contributed by atoms with van der Waals surface area (Å²) in [6, 6.07) is 1.30. The van der Waals surface area contributed by atoms with Crippen molar-refractivity contribution >= 4 is 33.3 Å². The molecule has 0 aliphatic heterocycles. The summed E-state index contributed by atoms with van der Waals surface area (Å²) in [4.78, 5) is 14.5. The second-order valence-electron chi connectivity index (χ2n) is 3.32. The van der Waals surface area contributed by atoms with Crippen LogP contribution >= 0.6 is 11.3 Å². The number of carbonyl (C=O) groups is 1. The van der Waals surface area contributed by atoms with Crippen LogP contribution in [0.4, 0.5) is 5.95 Å². The summed E-state index contributed by atoms with van der Waals surface area (Å²) >= 11 is 0.684. The number of hydrogen-bond acceptors (Lipinski definition) is 6. The van der Waals surface area contributed by atoms with Crippen molar-refractivity contribution in [2.24, 2.45) is 0 Å². The lowest BCUT2D eigenvalue weighted by Gasteiger charge is -2.00. The Bertz CT molecular complexity index is 674. The van der Waals surface area contributed by atoms with Crippen molar-refractivity contribution in [2.45, 2.75) is 11.1 Å². The van der Waals surface area contributed by atoms with Gasteiger partial charge in [-0.25, -0.2) is 23.0 Å². The van der Waals surface area contributed by atoms with Gasteiger partial charge in [-0.05, 0) is 18.6 Å². The molecule has 3 N–H and O–H groups in total. The molecule has 0 spiro atoms. The summed E-state index contributed by atoms with van der Waals surface area (Å²) < 4.78 is 25.9. The molecule has 0 atom stereocenters. The number of nitrogens with one attached hydrogen (secondary N) is 2. The number of aryl methyl sites for hydroxylation is 1. The molecule has 0 amide bonds. The number of aromatic nitrogens is 3. The fourth-order valence-electron chi connectivity index (χ4n) is 1.23. The van der Waals surface area contributed by atoms with Gasteiger partial charge in [0.05, 0.1) is 0 Å². The van der Waals surface area contributed by atoms with Crippen LogP contribution in [0.5, 0.6) is 0 Å². The number of thiophene rings is 1. The molecule has 0 unspecified atom stereocenters. The number of carboxylic acids is 1. The third-order valence-corrected chi connectivity index (χ3v) is 5.04. The molecule has 0 aromatic carbocycles. The molecule has 0 radical (unpaired) electrons. The van der Waals surface area contributed by atoms with E-state index >= 15 is 0 Å². The topological polar surface area (TPSA) is 125 Å². The van der Waals surface area contributed by atoms with E-state index in [1.54, 1.807) is 0 Å². The highest BCUT2D eigenvalue weighted by Gasteiger charge is 2.22. The number of sulfonamides is 1. The summed E-state index contributed by atoms with van der Waals surface area (Å²) in [6.07, 6.45) is 1.15. The van der Waals surface area contributed by atoms with Crippen LogP contribution in [0.25, 0.3) is 0 Å². The first-order chi connectivity index (χ1) is 8.40. The minimum Gasteiger partial charge on any atom is -0.477 e. The van der Waals surface area contributed by atoms with Gasteiger partial charge in [0.15, 0.2) is 0 Å². The predicted molar refractivity (Wildman–Crippen MR) is 63.2 cm³/mol. The zero-order chi connectivity index (χ0) is 13.3. The molecular formula is C8H8N4O4S2. The minimum absolute atomic E-state index is 0.00653. The molecule has 18 heavy (non-hydrogen) atoms. The van der Waals surface area contributed by atoms with Crippen LogP contribution in [-0.4, -0.2) is 34.7 Å². The van der Waals surface area contributed by atoms with Gasteiger partial charge in [0.25, 0.3) is 10.0 Å². The molecule has 8 nitrogen and oxygen atoms in total. The second kappa shape index (κ2) is 4.38. The standard InChI is InChI=1S/C8H8N4O4S2/c1-4-2-5(17-6(4)7(13)14)18(15,16)12-8-9-3-10-11-8/h2-3H,1H3,(H,13,14)(H2,9,10,11,12). The van der Waals surface area contributed by atoms with Crippen LogP contribution in [0.1, 0.15) is 15.2 Å². The number of hydrogen-bond donors (Lipinski definition) is 3. The van der Waals surface area contributed by atoms with Gasteiger partial charge in [0.2, 0.25) is 5.95 Å². The van der Waals surface area contributed by atoms with Crippen molar-refractivity contribution in [3.63, 3.8) is 0 Å². The monoisotopic (exact) mass is 288 g/mol. The molecule has 2 aromatic heterocycles. The average Bonchev–Trinajstić information content (AvgIpc) is 2.86. The minimum atomic E-state index is -3.85. The van der Waals surface area contributed by atoms with Crippen LogP contribution in [0, 0.1) is 6.92 Å². The predicted octanol–water partition coefficient (Wildman–Crippen LogP) is 0.674. The van der Waals surface area contributed by atoms with E-state index in [0.717, 1.165) is 6.33 Å². The van der Waals surface area contributed by atoms with E-state index in [9.17, 15) is 13.2 Å². The highest BCUT2D eigenvalue weighted by atomic mass is 32.2. The largest absolute Gasteiger partial charge is 0.477 e. The Morgan fingerprint density at radius 2 is 2.28 bits per heavy atom. The van der Waals surface area contributed by atoms with Crippen molar-refractivity contribution in [3.8, 4) is 0 Å². The number of aromatic carboxylic acids is 1. The van der Waals surface area contributed by atoms with Crippen molar-refractivity contribution in [1.82, 2.24) is 15.2 Å². The normalized spacial score (nSPS) is 11.4.